The lowest BCUT2D eigenvalue weighted by Gasteiger charge is -2.31. The minimum Gasteiger partial charge on any atom is -0.481 e. The molecule has 1 aromatic heterocycles. The van der Waals surface area contributed by atoms with Gasteiger partial charge in [0.25, 0.3) is 0 Å². The molecule has 38 heavy (non-hydrogen) atoms. The fourth-order valence-electron chi connectivity index (χ4n) is 6.29. The van der Waals surface area contributed by atoms with E-state index in [4.69, 9.17) is 14.3 Å². The zero-order valence-corrected chi connectivity index (χ0v) is 22.1. The van der Waals surface area contributed by atoms with Gasteiger partial charge in [-0.1, -0.05) is 25.3 Å². The van der Waals surface area contributed by atoms with E-state index in [-0.39, 0.29) is 43.5 Å². The van der Waals surface area contributed by atoms with Gasteiger partial charge in [0.1, 0.15) is 18.1 Å². The largest absolute Gasteiger partial charge is 0.481 e. The van der Waals surface area contributed by atoms with Gasteiger partial charge in [0.05, 0.1) is 31.2 Å². The molecule has 2 amide bonds. The standard InChI is InChI=1S/C29H39NO8/c1-2-6-18(13-20-9-10-21(16-32)38-20)8-11-24-26-19(15-31)14-22-27(23(26)17-37-24)29(36)30(28(22)35)12-5-3-4-7-25(33)34/h9-10,13,22-24,27,31-32H,2-8,11-12,14-17H2,1H3,(H,33,34)/b18-13+/t22-,23+,24-,27-/m1/s1. The highest BCUT2D eigenvalue weighted by atomic mass is 16.5. The van der Waals surface area contributed by atoms with Gasteiger partial charge in [0.2, 0.25) is 11.8 Å². The summed E-state index contributed by atoms with van der Waals surface area (Å²) in [6.45, 7) is 2.49. The lowest BCUT2D eigenvalue weighted by molar-refractivity contribution is -0.141. The summed E-state index contributed by atoms with van der Waals surface area (Å²) < 4.78 is 11.8. The summed E-state index contributed by atoms with van der Waals surface area (Å²) in [6, 6.07) is 3.60. The maximum absolute atomic E-state index is 13.4. The first-order chi connectivity index (χ1) is 18.4. The van der Waals surface area contributed by atoms with E-state index in [0.717, 1.165) is 30.4 Å². The molecular weight excluding hydrogens is 490 g/mol. The number of likely N-dealkylation sites (tertiary alicyclic amines) is 1. The highest BCUT2D eigenvalue weighted by Crippen LogP contribution is 2.49. The minimum absolute atomic E-state index is 0.0848. The van der Waals surface area contributed by atoms with Crippen molar-refractivity contribution in [1.82, 2.24) is 4.90 Å². The lowest BCUT2D eigenvalue weighted by Crippen LogP contribution is -2.35. The first-order valence-electron chi connectivity index (χ1n) is 13.8. The van der Waals surface area contributed by atoms with E-state index in [1.165, 1.54) is 10.5 Å². The number of aliphatic carboxylic acids is 1. The molecule has 3 N–H and O–H groups in total. The first-order valence-corrected chi connectivity index (χ1v) is 13.8. The zero-order valence-electron chi connectivity index (χ0n) is 22.1. The predicted molar refractivity (Wildman–Crippen MR) is 139 cm³/mol. The molecule has 2 saturated heterocycles. The van der Waals surface area contributed by atoms with Gasteiger partial charge in [0.15, 0.2) is 0 Å². The maximum atomic E-state index is 13.4. The number of carbonyl (C=O) groups is 3. The molecule has 4 rings (SSSR count). The Morgan fingerprint density at radius 1 is 1.05 bits per heavy atom. The average Bonchev–Trinajstić information content (AvgIpc) is 3.59. The van der Waals surface area contributed by atoms with Crippen molar-refractivity contribution in [3.63, 3.8) is 0 Å². The van der Waals surface area contributed by atoms with Crippen LogP contribution in [0.2, 0.25) is 0 Å². The van der Waals surface area contributed by atoms with Crippen LogP contribution in [0, 0.1) is 17.8 Å². The van der Waals surface area contributed by atoms with Crippen molar-refractivity contribution in [2.45, 2.75) is 77.4 Å². The molecule has 9 nitrogen and oxygen atoms in total. The topological polar surface area (TPSA) is 138 Å². The molecule has 3 heterocycles. The molecule has 0 saturated carbocycles. The molecule has 1 aromatic rings. The zero-order chi connectivity index (χ0) is 27.2. The van der Waals surface area contributed by atoms with E-state index in [2.05, 4.69) is 6.92 Å². The molecule has 2 fully saturated rings. The molecule has 0 aromatic carbocycles. The number of carbonyl (C=O) groups excluding carboxylic acids is 2. The van der Waals surface area contributed by atoms with E-state index in [0.29, 0.717) is 56.8 Å². The van der Waals surface area contributed by atoms with Crippen LogP contribution in [-0.4, -0.2) is 63.9 Å². The number of imide groups is 1. The smallest absolute Gasteiger partial charge is 0.303 e. The number of hydrogen-bond donors (Lipinski definition) is 3. The molecule has 2 aliphatic heterocycles. The Kier molecular flexibility index (Phi) is 9.57. The predicted octanol–water partition coefficient (Wildman–Crippen LogP) is 3.69. The van der Waals surface area contributed by atoms with Crippen molar-refractivity contribution in [1.29, 1.82) is 0 Å². The molecule has 0 radical (unpaired) electrons. The van der Waals surface area contributed by atoms with Gasteiger partial charge in [-0.25, -0.2) is 0 Å². The number of unbranched alkanes of at least 4 members (excludes halogenated alkanes) is 2. The number of aliphatic hydroxyl groups is 2. The Morgan fingerprint density at radius 3 is 2.55 bits per heavy atom. The molecule has 1 aliphatic carbocycles. The van der Waals surface area contributed by atoms with Crippen LogP contribution < -0.4 is 0 Å². The van der Waals surface area contributed by atoms with Gasteiger partial charge in [-0.05, 0) is 67.9 Å². The quantitative estimate of drug-likeness (QED) is 0.189. The Labute approximate surface area is 223 Å². The minimum atomic E-state index is -0.843. The fourth-order valence-corrected chi connectivity index (χ4v) is 6.29. The second-order valence-electron chi connectivity index (χ2n) is 10.6. The van der Waals surface area contributed by atoms with E-state index < -0.39 is 17.8 Å². The summed E-state index contributed by atoms with van der Waals surface area (Å²) in [5.74, 6) is -1.08. The van der Waals surface area contributed by atoms with Gasteiger partial charge in [-0.3, -0.25) is 19.3 Å². The lowest BCUT2D eigenvalue weighted by atomic mass is 9.69. The third-order valence-corrected chi connectivity index (χ3v) is 8.05. The normalized spacial score (nSPS) is 25.3. The fraction of sp³-hybridized carbons (Fsp3) is 0.621. The van der Waals surface area contributed by atoms with Crippen LogP contribution in [-0.2, 0) is 25.7 Å². The average molecular weight is 530 g/mol. The number of ether oxygens (including phenoxy) is 1. The molecule has 0 unspecified atom stereocenters. The second-order valence-corrected chi connectivity index (χ2v) is 10.6. The van der Waals surface area contributed by atoms with Gasteiger partial charge >= 0.3 is 5.97 Å². The number of furan rings is 1. The third-order valence-electron chi connectivity index (χ3n) is 8.05. The number of nitrogens with zero attached hydrogens (tertiary/aromatic N) is 1. The van der Waals surface area contributed by atoms with Crippen LogP contribution in [0.5, 0.6) is 0 Å². The van der Waals surface area contributed by atoms with E-state index >= 15 is 0 Å². The highest BCUT2D eigenvalue weighted by Gasteiger charge is 2.56. The van der Waals surface area contributed by atoms with Crippen molar-refractivity contribution in [2.75, 3.05) is 19.8 Å². The van der Waals surface area contributed by atoms with Crippen molar-refractivity contribution < 1.29 is 38.9 Å². The first kappa shape index (κ1) is 28.3. The number of aliphatic hydroxyl groups excluding tert-OH is 2. The highest BCUT2D eigenvalue weighted by molar-refractivity contribution is 6.06. The van der Waals surface area contributed by atoms with Crippen LogP contribution in [0.3, 0.4) is 0 Å². The number of carboxylic acids is 1. The van der Waals surface area contributed by atoms with Gasteiger partial charge in [0, 0.05) is 18.9 Å². The van der Waals surface area contributed by atoms with Crippen molar-refractivity contribution >= 4 is 23.9 Å². The molecular formula is C29H39NO8. The van der Waals surface area contributed by atoms with Gasteiger partial charge in [-0.2, -0.15) is 0 Å². The summed E-state index contributed by atoms with van der Waals surface area (Å²) in [5.41, 5.74) is 3.02. The van der Waals surface area contributed by atoms with E-state index in [1.54, 1.807) is 6.07 Å². The molecule has 0 bridgehead atoms. The summed E-state index contributed by atoms with van der Waals surface area (Å²) in [7, 11) is 0. The number of allylic oxidation sites excluding steroid dienone is 1. The number of rotatable bonds is 14. The van der Waals surface area contributed by atoms with Crippen molar-refractivity contribution in [3.8, 4) is 0 Å². The molecule has 9 heteroatoms. The van der Waals surface area contributed by atoms with Crippen LogP contribution in [0.25, 0.3) is 6.08 Å². The van der Waals surface area contributed by atoms with Crippen LogP contribution in [0.15, 0.2) is 33.3 Å². The number of fused-ring (bicyclic) bond motifs is 3. The van der Waals surface area contributed by atoms with Crippen molar-refractivity contribution in [2.24, 2.45) is 17.8 Å². The van der Waals surface area contributed by atoms with E-state index in [1.807, 2.05) is 12.1 Å². The number of amides is 2. The number of hydrogen-bond acceptors (Lipinski definition) is 7. The van der Waals surface area contributed by atoms with Gasteiger partial charge in [-0.15, -0.1) is 0 Å². The Balaban J connectivity index is 1.43. The monoisotopic (exact) mass is 529 g/mol. The molecule has 208 valence electrons. The summed E-state index contributed by atoms with van der Waals surface area (Å²) in [6.07, 6.45) is 7.38. The summed E-state index contributed by atoms with van der Waals surface area (Å²) in [4.78, 5) is 38.6. The second kappa shape index (κ2) is 12.9. The van der Waals surface area contributed by atoms with Crippen LogP contribution in [0.4, 0.5) is 0 Å². The molecule has 3 aliphatic rings. The Bertz CT molecular complexity index is 1090. The summed E-state index contributed by atoms with van der Waals surface area (Å²) in [5, 5.41) is 28.3. The summed E-state index contributed by atoms with van der Waals surface area (Å²) >= 11 is 0. The molecule has 0 spiro atoms. The maximum Gasteiger partial charge on any atom is 0.303 e. The van der Waals surface area contributed by atoms with Crippen LogP contribution in [0.1, 0.15) is 76.2 Å². The van der Waals surface area contributed by atoms with Crippen LogP contribution >= 0.6 is 0 Å². The SMILES string of the molecule is CCC/C(=C\c1ccc(CO)o1)CC[C@H]1OC[C@H]2C1=C(CO)C[C@H]1C(=O)N(CCCCCC(=O)O)C(=O)[C@H]12. The Hall–Kier alpha value is -2.75. The van der Waals surface area contributed by atoms with Gasteiger partial charge < -0.3 is 24.5 Å². The van der Waals surface area contributed by atoms with E-state index in [9.17, 15) is 24.6 Å². The number of carboxylic acid groups (broad SMARTS) is 1. The Morgan fingerprint density at radius 2 is 1.87 bits per heavy atom. The van der Waals surface area contributed by atoms with Crippen molar-refractivity contribution in [3.05, 3.63) is 40.4 Å². The third kappa shape index (κ3) is 6.11. The molecule has 4 atom stereocenters.